The highest BCUT2D eigenvalue weighted by atomic mass is 32.2. The molecule has 3 rings (SSSR count). The molecule has 2 saturated carbocycles. The summed E-state index contributed by atoms with van der Waals surface area (Å²) in [6, 6.07) is 9.23. The second-order valence-electron chi connectivity index (χ2n) is 8.92. The summed E-state index contributed by atoms with van der Waals surface area (Å²) in [6.45, 7) is 5.11. The van der Waals surface area contributed by atoms with E-state index in [9.17, 15) is 8.42 Å². The number of hydrogen-bond donors (Lipinski definition) is 1. The molecule has 0 radical (unpaired) electrons. The van der Waals surface area contributed by atoms with E-state index in [1.54, 1.807) is 31.4 Å². The van der Waals surface area contributed by atoms with E-state index in [-0.39, 0.29) is 11.8 Å². The summed E-state index contributed by atoms with van der Waals surface area (Å²) in [5.41, 5.74) is 0. The zero-order valence-electron chi connectivity index (χ0n) is 16.9. The van der Waals surface area contributed by atoms with Crippen LogP contribution in [0.5, 0.6) is 0 Å². The molecule has 27 heavy (non-hydrogen) atoms. The van der Waals surface area contributed by atoms with Gasteiger partial charge in [0.25, 0.3) is 0 Å². The average molecular weight is 394 g/mol. The Hall–Kier alpha value is -0.910. The van der Waals surface area contributed by atoms with E-state index >= 15 is 0 Å². The Labute approximate surface area is 165 Å². The molecule has 1 unspecified atom stereocenters. The fourth-order valence-corrected chi connectivity index (χ4v) is 6.90. The summed E-state index contributed by atoms with van der Waals surface area (Å²) in [4.78, 5) is 0.430. The van der Waals surface area contributed by atoms with Crippen LogP contribution in [-0.4, -0.2) is 40.0 Å². The van der Waals surface area contributed by atoms with E-state index in [1.807, 2.05) is 6.07 Å². The molecule has 152 valence electrons. The number of sulfone groups is 1. The van der Waals surface area contributed by atoms with Gasteiger partial charge in [-0.25, -0.2) is 8.42 Å². The maximum Gasteiger partial charge on any atom is 0.179 e. The SMILES string of the molecule is COC[C@H]1C[C@H]2CCC[C@H]2C1N[C@@H](CC(C)C)CS(=O)(=O)c1ccccc1. The van der Waals surface area contributed by atoms with Gasteiger partial charge in [-0.15, -0.1) is 0 Å². The Bertz CT molecular complexity index is 689. The second-order valence-corrected chi connectivity index (χ2v) is 11.0. The van der Waals surface area contributed by atoms with Crippen LogP contribution < -0.4 is 5.32 Å². The van der Waals surface area contributed by atoms with Crippen molar-refractivity contribution in [3.63, 3.8) is 0 Å². The zero-order valence-corrected chi connectivity index (χ0v) is 17.8. The molecule has 5 heteroatoms. The van der Waals surface area contributed by atoms with Crippen LogP contribution in [0.25, 0.3) is 0 Å². The lowest BCUT2D eigenvalue weighted by atomic mass is 9.93. The third kappa shape index (κ3) is 5.12. The summed E-state index contributed by atoms with van der Waals surface area (Å²) in [5, 5.41) is 3.82. The first-order valence-electron chi connectivity index (χ1n) is 10.4. The highest BCUT2D eigenvalue weighted by molar-refractivity contribution is 7.91. The minimum Gasteiger partial charge on any atom is -0.384 e. The number of rotatable bonds is 9. The van der Waals surface area contributed by atoms with Gasteiger partial charge in [-0.3, -0.25) is 0 Å². The molecular weight excluding hydrogens is 358 g/mol. The van der Waals surface area contributed by atoms with Gasteiger partial charge in [-0.05, 0) is 55.1 Å². The van der Waals surface area contributed by atoms with Crippen LogP contribution in [0.15, 0.2) is 35.2 Å². The smallest absolute Gasteiger partial charge is 0.179 e. The first-order chi connectivity index (χ1) is 12.9. The van der Waals surface area contributed by atoms with Gasteiger partial charge < -0.3 is 10.1 Å². The summed E-state index contributed by atoms with van der Waals surface area (Å²) < 4.78 is 31.4. The van der Waals surface area contributed by atoms with E-state index in [0.29, 0.717) is 28.7 Å². The lowest BCUT2D eigenvalue weighted by molar-refractivity contribution is 0.130. The van der Waals surface area contributed by atoms with Crippen molar-refractivity contribution in [2.75, 3.05) is 19.5 Å². The van der Waals surface area contributed by atoms with Crippen molar-refractivity contribution in [3.8, 4) is 0 Å². The van der Waals surface area contributed by atoms with Gasteiger partial charge >= 0.3 is 0 Å². The van der Waals surface area contributed by atoms with Gasteiger partial charge in [-0.2, -0.15) is 0 Å². The molecule has 0 aromatic heterocycles. The fraction of sp³-hybridized carbons (Fsp3) is 0.727. The van der Waals surface area contributed by atoms with Gasteiger partial charge in [0, 0.05) is 19.2 Å². The van der Waals surface area contributed by atoms with Crippen LogP contribution in [0.3, 0.4) is 0 Å². The van der Waals surface area contributed by atoms with Crippen molar-refractivity contribution in [1.82, 2.24) is 5.32 Å². The second kappa shape index (κ2) is 9.06. The molecule has 2 aliphatic rings. The quantitative estimate of drug-likeness (QED) is 0.691. The highest BCUT2D eigenvalue weighted by Gasteiger charge is 2.46. The minimum atomic E-state index is -3.29. The van der Waals surface area contributed by atoms with E-state index in [1.165, 1.54) is 25.7 Å². The lowest BCUT2D eigenvalue weighted by Gasteiger charge is -2.31. The number of methoxy groups -OCH3 is 1. The molecule has 0 amide bonds. The molecule has 0 saturated heterocycles. The Balaban J connectivity index is 1.76. The normalized spacial score (nSPS) is 29.2. The van der Waals surface area contributed by atoms with Crippen molar-refractivity contribution in [2.24, 2.45) is 23.7 Å². The van der Waals surface area contributed by atoms with E-state index < -0.39 is 9.84 Å². The Morgan fingerprint density at radius 2 is 1.93 bits per heavy atom. The van der Waals surface area contributed by atoms with Crippen molar-refractivity contribution in [1.29, 1.82) is 0 Å². The zero-order chi connectivity index (χ0) is 19.4. The fourth-order valence-electron chi connectivity index (χ4n) is 5.38. The van der Waals surface area contributed by atoms with E-state index in [0.717, 1.165) is 18.9 Å². The van der Waals surface area contributed by atoms with Crippen molar-refractivity contribution >= 4 is 9.84 Å². The van der Waals surface area contributed by atoms with Crippen LogP contribution in [0.2, 0.25) is 0 Å². The highest BCUT2D eigenvalue weighted by Crippen LogP contribution is 2.47. The Morgan fingerprint density at radius 1 is 1.19 bits per heavy atom. The predicted molar refractivity (Wildman–Crippen MR) is 109 cm³/mol. The van der Waals surface area contributed by atoms with Crippen LogP contribution in [-0.2, 0) is 14.6 Å². The number of ether oxygens (including phenoxy) is 1. The first kappa shape index (κ1) is 20.8. The lowest BCUT2D eigenvalue weighted by Crippen LogP contribution is -2.48. The number of hydrogen-bond acceptors (Lipinski definition) is 4. The van der Waals surface area contributed by atoms with Crippen LogP contribution in [0.1, 0.15) is 46.0 Å². The summed E-state index contributed by atoms with van der Waals surface area (Å²) in [7, 11) is -1.52. The maximum atomic E-state index is 13.0. The molecule has 0 bridgehead atoms. The molecule has 2 aliphatic carbocycles. The molecule has 4 nitrogen and oxygen atoms in total. The topological polar surface area (TPSA) is 55.4 Å². The molecule has 0 heterocycles. The van der Waals surface area contributed by atoms with Crippen molar-refractivity contribution < 1.29 is 13.2 Å². The third-order valence-corrected chi connectivity index (χ3v) is 8.21. The molecule has 5 atom stereocenters. The first-order valence-corrected chi connectivity index (χ1v) is 12.1. The summed E-state index contributed by atoms with van der Waals surface area (Å²) >= 11 is 0. The molecular formula is C22H35NO3S. The van der Waals surface area contributed by atoms with Crippen molar-refractivity contribution in [3.05, 3.63) is 30.3 Å². The van der Waals surface area contributed by atoms with Gasteiger partial charge in [0.15, 0.2) is 9.84 Å². The van der Waals surface area contributed by atoms with E-state index in [4.69, 9.17) is 4.74 Å². The molecule has 0 aliphatic heterocycles. The summed E-state index contributed by atoms with van der Waals surface area (Å²) in [5.74, 6) is 2.59. The van der Waals surface area contributed by atoms with Crippen LogP contribution in [0.4, 0.5) is 0 Å². The molecule has 1 aromatic carbocycles. The van der Waals surface area contributed by atoms with Crippen molar-refractivity contribution in [2.45, 2.75) is 62.9 Å². The van der Waals surface area contributed by atoms with Gasteiger partial charge in [0.1, 0.15) is 0 Å². The van der Waals surface area contributed by atoms with Gasteiger partial charge in [0.2, 0.25) is 0 Å². The number of benzene rings is 1. The van der Waals surface area contributed by atoms with Gasteiger partial charge in [0.05, 0.1) is 17.3 Å². The standard InChI is InChI=1S/C22H35NO3S/c1-16(2)12-19(15-27(24,25)20-9-5-4-6-10-20)23-22-18(14-26-3)13-17-8-7-11-21(17)22/h4-6,9-10,16-19,21-23H,7-8,11-15H2,1-3H3/t17-,18-,19+,21-,22?/m1/s1. The number of nitrogens with one attached hydrogen (secondary N) is 1. The van der Waals surface area contributed by atoms with E-state index in [2.05, 4.69) is 19.2 Å². The average Bonchev–Trinajstić information content (AvgIpc) is 3.18. The molecule has 2 fully saturated rings. The monoisotopic (exact) mass is 393 g/mol. The Kier molecular flexibility index (Phi) is 6.98. The largest absolute Gasteiger partial charge is 0.384 e. The molecule has 1 aromatic rings. The number of fused-ring (bicyclic) bond motifs is 1. The predicted octanol–water partition coefficient (Wildman–Crippen LogP) is 3.92. The minimum absolute atomic E-state index is 0.0149. The van der Waals surface area contributed by atoms with Gasteiger partial charge in [-0.1, -0.05) is 44.9 Å². The molecule has 0 spiro atoms. The summed E-state index contributed by atoms with van der Waals surface area (Å²) in [6.07, 6.45) is 5.99. The maximum absolute atomic E-state index is 13.0. The Morgan fingerprint density at radius 3 is 2.59 bits per heavy atom. The van der Waals surface area contributed by atoms with Crippen LogP contribution in [0, 0.1) is 23.7 Å². The van der Waals surface area contributed by atoms with Crippen LogP contribution >= 0.6 is 0 Å². The molecule has 1 N–H and O–H groups in total. The third-order valence-electron chi connectivity index (χ3n) is 6.38.